The second-order valence-electron chi connectivity index (χ2n) is 5.58. The van der Waals surface area contributed by atoms with Gasteiger partial charge >= 0.3 is 0 Å². The predicted molar refractivity (Wildman–Crippen MR) is 82.3 cm³/mol. The molecule has 5 nitrogen and oxygen atoms in total. The van der Waals surface area contributed by atoms with Crippen LogP contribution in [0, 0.1) is 0 Å². The maximum Gasteiger partial charge on any atom is 0.268 e. The van der Waals surface area contributed by atoms with Crippen LogP contribution < -0.4 is 10.6 Å². The van der Waals surface area contributed by atoms with Gasteiger partial charge < -0.3 is 15.5 Å². The molecule has 1 aromatic heterocycles. The maximum absolute atomic E-state index is 12.6. The first kappa shape index (κ1) is 13.7. The third-order valence-corrected chi connectivity index (χ3v) is 5.17. The zero-order chi connectivity index (χ0) is 14.1. The van der Waals surface area contributed by atoms with E-state index in [0.717, 1.165) is 37.6 Å². The van der Waals surface area contributed by atoms with Crippen LogP contribution in [0.5, 0.6) is 0 Å². The molecule has 0 aromatic carbocycles. The van der Waals surface area contributed by atoms with Crippen LogP contribution in [0.2, 0.25) is 0 Å². The molecule has 1 amide bonds. The molecule has 1 aliphatic heterocycles. The molecule has 1 aromatic rings. The number of thiazole rings is 1. The van der Waals surface area contributed by atoms with E-state index in [4.69, 9.17) is 5.73 Å². The van der Waals surface area contributed by atoms with Crippen molar-refractivity contribution in [2.24, 2.45) is 0 Å². The quantitative estimate of drug-likeness (QED) is 0.926. The van der Waals surface area contributed by atoms with E-state index in [1.54, 1.807) is 0 Å². The van der Waals surface area contributed by atoms with E-state index in [2.05, 4.69) is 9.88 Å². The van der Waals surface area contributed by atoms with Gasteiger partial charge in [-0.3, -0.25) is 4.79 Å². The van der Waals surface area contributed by atoms with E-state index < -0.39 is 0 Å². The number of carbonyl (C=O) groups is 1. The topological polar surface area (TPSA) is 62.5 Å². The van der Waals surface area contributed by atoms with Crippen LogP contribution in [0.1, 0.15) is 48.7 Å². The molecule has 0 radical (unpaired) electrons. The normalized spacial score (nSPS) is 19.1. The molecule has 1 saturated heterocycles. The van der Waals surface area contributed by atoms with Crippen molar-refractivity contribution in [3.8, 4) is 0 Å². The van der Waals surface area contributed by atoms with E-state index in [1.807, 2.05) is 11.8 Å². The van der Waals surface area contributed by atoms with Crippen molar-refractivity contribution >= 4 is 28.2 Å². The number of nitrogen functional groups attached to an aromatic ring is 1. The standard InChI is InChI=1S/C14H22N4OS/c1-2-18(10-6-7-10)13(19)11-12(15)16-14(20-11)17-8-4-3-5-9-17/h10H,2-9,15H2,1H3. The fourth-order valence-electron chi connectivity index (χ4n) is 2.78. The average molecular weight is 294 g/mol. The molecule has 3 rings (SSSR count). The molecule has 0 unspecified atom stereocenters. The third-order valence-electron chi connectivity index (χ3n) is 4.05. The highest BCUT2D eigenvalue weighted by Gasteiger charge is 2.34. The summed E-state index contributed by atoms with van der Waals surface area (Å²) >= 11 is 1.46. The molecule has 2 fully saturated rings. The molecule has 2 aliphatic rings. The van der Waals surface area contributed by atoms with Crippen LogP contribution in [0.4, 0.5) is 10.9 Å². The van der Waals surface area contributed by atoms with Gasteiger partial charge in [-0.2, -0.15) is 0 Å². The van der Waals surface area contributed by atoms with Gasteiger partial charge in [-0.05, 0) is 39.0 Å². The van der Waals surface area contributed by atoms with Crippen LogP contribution in [0.25, 0.3) is 0 Å². The highest BCUT2D eigenvalue weighted by Crippen LogP contribution is 2.34. The number of amides is 1. The summed E-state index contributed by atoms with van der Waals surface area (Å²) in [4.78, 5) is 21.8. The maximum atomic E-state index is 12.6. The molecular formula is C14H22N4OS. The Morgan fingerprint density at radius 1 is 1.40 bits per heavy atom. The lowest BCUT2D eigenvalue weighted by molar-refractivity contribution is 0.0758. The van der Waals surface area contributed by atoms with Crippen LogP contribution in [-0.2, 0) is 0 Å². The van der Waals surface area contributed by atoms with Gasteiger partial charge in [0.05, 0.1) is 0 Å². The van der Waals surface area contributed by atoms with Crippen molar-refractivity contribution in [3.05, 3.63) is 4.88 Å². The van der Waals surface area contributed by atoms with E-state index >= 15 is 0 Å². The Hall–Kier alpha value is -1.30. The lowest BCUT2D eigenvalue weighted by atomic mass is 10.1. The lowest BCUT2D eigenvalue weighted by Gasteiger charge is -2.25. The van der Waals surface area contributed by atoms with Crippen molar-refractivity contribution in [1.29, 1.82) is 0 Å². The number of nitrogens with zero attached hydrogens (tertiary/aromatic N) is 3. The Bertz CT molecular complexity index is 491. The second kappa shape index (κ2) is 5.60. The van der Waals surface area contributed by atoms with Crippen molar-refractivity contribution in [2.75, 3.05) is 30.3 Å². The second-order valence-corrected chi connectivity index (χ2v) is 6.56. The number of carbonyl (C=O) groups excluding carboxylic acids is 1. The monoisotopic (exact) mass is 294 g/mol. The van der Waals surface area contributed by atoms with Gasteiger partial charge in [-0.1, -0.05) is 11.3 Å². The van der Waals surface area contributed by atoms with E-state index in [0.29, 0.717) is 16.7 Å². The molecule has 0 atom stereocenters. The highest BCUT2D eigenvalue weighted by atomic mass is 32.1. The molecule has 2 heterocycles. The molecule has 0 bridgehead atoms. The fraction of sp³-hybridized carbons (Fsp3) is 0.714. The number of anilines is 2. The SMILES string of the molecule is CCN(C(=O)c1sc(N2CCCCC2)nc1N)C1CC1. The van der Waals surface area contributed by atoms with E-state index in [1.165, 1.54) is 30.6 Å². The Labute approximate surface area is 123 Å². The Balaban J connectivity index is 1.79. The minimum atomic E-state index is 0.0632. The fourth-order valence-corrected chi connectivity index (χ4v) is 3.77. The highest BCUT2D eigenvalue weighted by molar-refractivity contribution is 7.18. The Morgan fingerprint density at radius 2 is 2.10 bits per heavy atom. The number of nitrogens with two attached hydrogens (primary N) is 1. The van der Waals surface area contributed by atoms with Crippen molar-refractivity contribution < 1.29 is 4.79 Å². The van der Waals surface area contributed by atoms with Crippen LogP contribution in [0.3, 0.4) is 0 Å². The van der Waals surface area contributed by atoms with Gasteiger partial charge in [-0.25, -0.2) is 4.98 Å². The van der Waals surface area contributed by atoms with Gasteiger partial charge in [0.25, 0.3) is 5.91 Å². The largest absolute Gasteiger partial charge is 0.382 e. The number of aromatic nitrogens is 1. The third kappa shape index (κ3) is 2.61. The molecule has 1 saturated carbocycles. The molecule has 20 heavy (non-hydrogen) atoms. The summed E-state index contributed by atoms with van der Waals surface area (Å²) in [6, 6.07) is 0.424. The summed E-state index contributed by atoms with van der Waals surface area (Å²) in [7, 11) is 0. The number of piperidine rings is 1. The van der Waals surface area contributed by atoms with Gasteiger partial charge in [0, 0.05) is 25.7 Å². The van der Waals surface area contributed by atoms with Gasteiger partial charge in [0.2, 0.25) is 0 Å². The first-order valence-electron chi connectivity index (χ1n) is 7.53. The minimum Gasteiger partial charge on any atom is -0.382 e. The summed E-state index contributed by atoms with van der Waals surface area (Å²) in [5, 5.41) is 0.914. The molecule has 1 aliphatic carbocycles. The zero-order valence-electron chi connectivity index (χ0n) is 12.0. The predicted octanol–water partition coefficient (Wildman–Crippen LogP) is 2.34. The van der Waals surface area contributed by atoms with E-state index in [-0.39, 0.29) is 5.91 Å². The van der Waals surface area contributed by atoms with Gasteiger partial charge in [0.1, 0.15) is 10.7 Å². The van der Waals surface area contributed by atoms with E-state index in [9.17, 15) is 4.79 Å². The van der Waals surface area contributed by atoms with Crippen molar-refractivity contribution in [3.63, 3.8) is 0 Å². The first-order valence-corrected chi connectivity index (χ1v) is 8.34. The number of hydrogen-bond donors (Lipinski definition) is 1. The molecule has 2 N–H and O–H groups in total. The molecule has 0 spiro atoms. The van der Waals surface area contributed by atoms with Gasteiger partial charge in [0.15, 0.2) is 5.13 Å². The van der Waals surface area contributed by atoms with Crippen LogP contribution in [-0.4, -0.2) is 41.5 Å². The molecule has 6 heteroatoms. The summed E-state index contributed by atoms with van der Waals surface area (Å²) in [6.45, 7) is 4.83. The Kier molecular flexibility index (Phi) is 3.83. The zero-order valence-corrected chi connectivity index (χ0v) is 12.8. The smallest absolute Gasteiger partial charge is 0.268 e. The summed E-state index contributed by atoms with van der Waals surface area (Å²) in [5.74, 6) is 0.466. The van der Waals surface area contributed by atoms with Crippen LogP contribution >= 0.6 is 11.3 Å². The van der Waals surface area contributed by atoms with Gasteiger partial charge in [-0.15, -0.1) is 0 Å². The molecular weight excluding hydrogens is 272 g/mol. The number of hydrogen-bond acceptors (Lipinski definition) is 5. The van der Waals surface area contributed by atoms with Crippen LogP contribution in [0.15, 0.2) is 0 Å². The molecule has 110 valence electrons. The summed E-state index contributed by atoms with van der Waals surface area (Å²) < 4.78 is 0. The van der Waals surface area contributed by atoms with Crippen molar-refractivity contribution in [2.45, 2.75) is 45.1 Å². The van der Waals surface area contributed by atoms with Crippen molar-refractivity contribution in [1.82, 2.24) is 9.88 Å². The number of rotatable bonds is 4. The average Bonchev–Trinajstić information content (AvgIpc) is 3.22. The summed E-state index contributed by atoms with van der Waals surface area (Å²) in [6.07, 6.45) is 5.93. The minimum absolute atomic E-state index is 0.0632. The Morgan fingerprint density at radius 3 is 2.70 bits per heavy atom. The first-order chi connectivity index (χ1) is 9.70. The summed E-state index contributed by atoms with van der Waals surface area (Å²) in [5.41, 5.74) is 5.99. The lowest BCUT2D eigenvalue weighted by Crippen LogP contribution is -2.32.